The number of carbonyl (C=O) groups excluding carboxylic acids is 2. The lowest BCUT2D eigenvalue weighted by Crippen LogP contribution is -2.00. The van der Waals surface area contributed by atoms with E-state index in [9.17, 15) is 9.59 Å². The summed E-state index contributed by atoms with van der Waals surface area (Å²) in [6.45, 7) is 6.06. The molecule has 5 nitrogen and oxygen atoms in total. The first-order valence-corrected chi connectivity index (χ1v) is 10.7. The number of hydrogen-bond acceptors (Lipinski definition) is 5. The minimum atomic E-state index is -0.355. The Kier molecular flexibility index (Phi) is 9.43. The maximum absolute atomic E-state index is 11.7. The van der Waals surface area contributed by atoms with Gasteiger partial charge in [0.25, 0.3) is 0 Å². The molecule has 0 aromatic heterocycles. The number of carbonyl (C=O) groups is 2. The van der Waals surface area contributed by atoms with Gasteiger partial charge in [-0.05, 0) is 59.0 Å². The third-order valence-corrected chi connectivity index (χ3v) is 5.13. The van der Waals surface area contributed by atoms with Gasteiger partial charge in [-0.1, -0.05) is 56.3 Å². The Morgan fingerprint density at radius 3 is 1.97 bits per heavy atom. The van der Waals surface area contributed by atoms with Crippen molar-refractivity contribution in [2.45, 2.75) is 20.8 Å². The highest BCUT2D eigenvalue weighted by atomic mass is 16.5. The molecule has 3 rings (SSSR count). The van der Waals surface area contributed by atoms with Crippen LogP contribution in [-0.4, -0.2) is 33.6 Å². The lowest BCUT2D eigenvalue weighted by atomic mass is 9.95. The number of methoxy groups -OCH3 is 3. The number of ether oxygens (including phenoxy) is 3. The van der Waals surface area contributed by atoms with E-state index in [1.165, 1.54) is 21.3 Å². The molecular weight excluding hydrogens is 416 g/mol. The summed E-state index contributed by atoms with van der Waals surface area (Å²) in [5, 5.41) is 0. The van der Waals surface area contributed by atoms with E-state index in [1.807, 2.05) is 56.3 Å². The molecule has 33 heavy (non-hydrogen) atoms. The molecule has 172 valence electrons. The molecule has 0 unspecified atom stereocenters. The average Bonchev–Trinajstić information content (AvgIpc) is 2.88. The second kappa shape index (κ2) is 12.2. The van der Waals surface area contributed by atoms with Crippen molar-refractivity contribution < 1.29 is 23.8 Å². The van der Waals surface area contributed by atoms with Crippen molar-refractivity contribution in [1.82, 2.24) is 0 Å². The van der Waals surface area contributed by atoms with E-state index in [1.54, 1.807) is 24.3 Å². The van der Waals surface area contributed by atoms with Crippen molar-refractivity contribution >= 4 is 24.4 Å². The molecule has 0 saturated heterocycles. The summed E-state index contributed by atoms with van der Waals surface area (Å²) in [6.07, 6.45) is 4.69. The molecule has 0 aliphatic heterocycles. The third-order valence-electron chi connectivity index (χ3n) is 5.13. The van der Waals surface area contributed by atoms with E-state index in [-0.39, 0.29) is 5.97 Å². The molecule has 3 aromatic carbocycles. The van der Waals surface area contributed by atoms with Crippen molar-refractivity contribution in [3.8, 4) is 22.6 Å². The van der Waals surface area contributed by atoms with Crippen LogP contribution in [0.1, 0.15) is 51.3 Å². The van der Waals surface area contributed by atoms with Gasteiger partial charge in [0.15, 0.2) is 6.29 Å². The van der Waals surface area contributed by atoms with E-state index in [0.29, 0.717) is 22.6 Å². The summed E-state index contributed by atoms with van der Waals surface area (Å²) in [4.78, 5) is 23.0. The van der Waals surface area contributed by atoms with Crippen LogP contribution >= 0.6 is 0 Å². The van der Waals surface area contributed by atoms with Crippen LogP contribution in [0.3, 0.4) is 0 Å². The third kappa shape index (κ3) is 5.89. The first-order chi connectivity index (χ1) is 16.0. The monoisotopic (exact) mass is 446 g/mol. The average molecular weight is 447 g/mol. The maximum Gasteiger partial charge on any atom is 0.337 e. The second-order valence-corrected chi connectivity index (χ2v) is 6.88. The molecule has 0 fully saturated rings. The molecule has 0 aliphatic rings. The highest BCUT2D eigenvalue weighted by Gasteiger charge is 2.11. The normalized spacial score (nSPS) is 10.2. The van der Waals surface area contributed by atoms with Crippen molar-refractivity contribution in [2.75, 3.05) is 21.3 Å². The van der Waals surface area contributed by atoms with Gasteiger partial charge in [0.05, 0.1) is 32.5 Å². The zero-order valence-corrected chi connectivity index (χ0v) is 20.0. The Hall–Kier alpha value is -3.86. The Morgan fingerprint density at radius 2 is 1.45 bits per heavy atom. The summed E-state index contributed by atoms with van der Waals surface area (Å²) >= 11 is 0. The van der Waals surface area contributed by atoms with Gasteiger partial charge in [-0.15, -0.1) is 0 Å². The van der Waals surface area contributed by atoms with E-state index in [2.05, 4.69) is 6.92 Å². The van der Waals surface area contributed by atoms with Crippen LogP contribution in [-0.2, 0) is 4.74 Å². The van der Waals surface area contributed by atoms with Crippen LogP contribution in [0.4, 0.5) is 0 Å². The van der Waals surface area contributed by atoms with Gasteiger partial charge in [-0.2, -0.15) is 0 Å². The van der Waals surface area contributed by atoms with Gasteiger partial charge in [0.2, 0.25) is 0 Å². The number of aldehydes is 1. The predicted octanol–water partition coefficient (Wildman–Crippen LogP) is 6.47. The molecule has 0 radical (unpaired) electrons. The van der Waals surface area contributed by atoms with Gasteiger partial charge >= 0.3 is 5.97 Å². The highest BCUT2D eigenvalue weighted by Crippen LogP contribution is 2.31. The summed E-state index contributed by atoms with van der Waals surface area (Å²) in [7, 11) is 4.41. The van der Waals surface area contributed by atoms with Crippen molar-refractivity contribution in [2.24, 2.45) is 0 Å². The molecule has 0 amide bonds. The molecule has 0 heterocycles. The fourth-order valence-electron chi connectivity index (χ4n) is 3.41. The Bertz CT molecular complexity index is 1100. The standard InChI is InChI=1S/C26H24O5.C2H6/c1-17-19(9-8-18-14-24(29-2)23(16-27)25(15-18)30-3)6-5-7-22(17)20-10-12-21(13-11-20)26(28)31-4;1-2/h5-16H,1-4H3;1-2H3/b9-8+;. The van der Waals surface area contributed by atoms with E-state index in [0.717, 1.165) is 34.1 Å². The molecule has 0 aliphatic carbocycles. The van der Waals surface area contributed by atoms with Gasteiger partial charge < -0.3 is 14.2 Å². The van der Waals surface area contributed by atoms with Crippen LogP contribution in [0, 0.1) is 6.92 Å². The molecule has 0 spiro atoms. The Labute approximate surface area is 195 Å². The lowest BCUT2D eigenvalue weighted by Gasteiger charge is -2.11. The van der Waals surface area contributed by atoms with Gasteiger partial charge in [-0.3, -0.25) is 4.79 Å². The number of benzene rings is 3. The topological polar surface area (TPSA) is 61.8 Å². The van der Waals surface area contributed by atoms with E-state index in [4.69, 9.17) is 14.2 Å². The number of hydrogen-bond donors (Lipinski definition) is 0. The second-order valence-electron chi connectivity index (χ2n) is 6.88. The predicted molar refractivity (Wildman–Crippen MR) is 133 cm³/mol. The van der Waals surface area contributed by atoms with Crippen molar-refractivity contribution in [1.29, 1.82) is 0 Å². The van der Waals surface area contributed by atoms with Crippen LogP contribution in [0.5, 0.6) is 11.5 Å². The SMILES string of the molecule is CC.COC(=O)c1ccc(-c2cccc(/C=C/c3cc(OC)c(C=O)c(OC)c3)c2C)cc1. The fourth-order valence-corrected chi connectivity index (χ4v) is 3.41. The van der Waals surface area contributed by atoms with E-state index < -0.39 is 0 Å². The zero-order chi connectivity index (χ0) is 24.4. The molecule has 0 saturated carbocycles. The van der Waals surface area contributed by atoms with Crippen LogP contribution in [0.2, 0.25) is 0 Å². The number of rotatable bonds is 7. The van der Waals surface area contributed by atoms with Gasteiger partial charge in [0, 0.05) is 0 Å². The molecule has 0 bridgehead atoms. The van der Waals surface area contributed by atoms with Crippen molar-refractivity contribution in [3.63, 3.8) is 0 Å². The smallest absolute Gasteiger partial charge is 0.337 e. The number of esters is 1. The van der Waals surface area contributed by atoms with Crippen LogP contribution < -0.4 is 9.47 Å². The first-order valence-electron chi connectivity index (χ1n) is 10.7. The molecule has 0 N–H and O–H groups in total. The summed E-state index contributed by atoms with van der Waals surface area (Å²) in [5.41, 5.74) is 5.99. The molecular formula is C28H30O5. The molecule has 5 heteroatoms. The van der Waals surface area contributed by atoms with Gasteiger partial charge in [-0.25, -0.2) is 4.79 Å². The molecule has 3 aromatic rings. The van der Waals surface area contributed by atoms with E-state index >= 15 is 0 Å². The quantitative estimate of drug-likeness (QED) is 0.236. The largest absolute Gasteiger partial charge is 0.496 e. The summed E-state index contributed by atoms with van der Waals surface area (Å²) < 4.78 is 15.4. The van der Waals surface area contributed by atoms with Crippen LogP contribution in [0.15, 0.2) is 54.6 Å². The van der Waals surface area contributed by atoms with Gasteiger partial charge in [0.1, 0.15) is 11.5 Å². The Balaban J connectivity index is 0.00000187. The Morgan fingerprint density at radius 1 is 0.848 bits per heavy atom. The minimum Gasteiger partial charge on any atom is -0.496 e. The minimum absolute atomic E-state index is 0.355. The fraction of sp³-hybridized carbons (Fsp3) is 0.214. The summed E-state index contributed by atoms with van der Waals surface area (Å²) in [5.74, 6) is 0.571. The first kappa shape index (κ1) is 25.4. The van der Waals surface area contributed by atoms with Crippen molar-refractivity contribution in [3.05, 3.63) is 82.4 Å². The molecule has 0 atom stereocenters. The summed E-state index contributed by atoms with van der Waals surface area (Å²) in [6, 6.07) is 17.0. The highest BCUT2D eigenvalue weighted by molar-refractivity contribution is 5.90. The zero-order valence-electron chi connectivity index (χ0n) is 20.0. The van der Waals surface area contributed by atoms with Crippen LogP contribution in [0.25, 0.3) is 23.3 Å². The maximum atomic E-state index is 11.7. The lowest BCUT2D eigenvalue weighted by molar-refractivity contribution is 0.0600.